The number of amides is 2. The molecule has 0 aliphatic carbocycles. The third kappa shape index (κ3) is 4.07. The monoisotopic (exact) mass is 428 g/mol. The predicted molar refractivity (Wildman–Crippen MR) is 97.0 cm³/mol. The Kier molecular flexibility index (Phi) is 5.96. The van der Waals surface area contributed by atoms with E-state index in [2.05, 4.69) is 26.3 Å². The number of nitrogens with one attached hydrogen (secondary N) is 1. The van der Waals surface area contributed by atoms with Crippen molar-refractivity contribution in [1.29, 1.82) is 0 Å². The van der Waals surface area contributed by atoms with Crippen LogP contribution >= 0.6 is 27.3 Å². The van der Waals surface area contributed by atoms with Crippen LogP contribution in [0.25, 0.3) is 0 Å². The number of ether oxygens (including phenoxy) is 1. The van der Waals surface area contributed by atoms with Crippen molar-refractivity contribution in [2.75, 3.05) is 11.9 Å². The van der Waals surface area contributed by atoms with Crippen molar-refractivity contribution in [1.82, 2.24) is 9.78 Å². The number of nitrogens with two attached hydrogens (primary N) is 1. The number of carbonyl (C=O) groups is 3. The van der Waals surface area contributed by atoms with Crippen LogP contribution in [0, 0.1) is 6.92 Å². The van der Waals surface area contributed by atoms with E-state index in [0.29, 0.717) is 16.5 Å². The van der Waals surface area contributed by atoms with Crippen LogP contribution in [0.2, 0.25) is 0 Å². The first-order valence-electron chi connectivity index (χ1n) is 7.37. The zero-order valence-electron chi connectivity index (χ0n) is 13.9. The van der Waals surface area contributed by atoms with E-state index in [1.54, 1.807) is 20.2 Å². The number of carbonyl (C=O) groups excluding carboxylic acids is 3. The summed E-state index contributed by atoms with van der Waals surface area (Å²) >= 11 is 4.18. The van der Waals surface area contributed by atoms with Crippen LogP contribution in [0.15, 0.2) is 10.7 Å². The largest absolute Gasteiger partial charge is 0.462 e. The average Bonchev–Trinajstić information content (AvgIpc) is 3.04. The minimum Gasteiger partial charge on any atom is -0.462 e. The molecule has 0 spiro atoms. The molecule has 0 unspecified atom stereocenters. The van der Waals surface area contributed by atoms with Crippen molar-refractivity contribution in [2.45, 2.75) is 20.3 Å². The maximum atomic E-state index is 12.4. The molecular weight excluding hydrogens is 412 g/mol. The molecule has 10 heteroatoms. The van der Waals surface area contributed by atoms with Gasteiger partial charge < -0.3 is 15.8 Å². The Hall–Kier alpha value is -2.20. The van der Waals surface area contributed by atoms with Crippen LogP contribution in [-0.4, -0.2) is 34.2 Å². The average molecular weight is 429 g/mol. The highest BCUT2D eigenvalue weighted by molar-refractivity contribution is 9.10. The van der Waals surface area contributed by atoms with E-state index in [0.717, 1.165) is 11.3 Å². The summed E-state index contributed by atoms with van der Waals surface area (Å²) in [5, 5.41) is 6.87. The lowest BCUT2D eigenvalue weighted by molar-refractivity contribution is 0.0506. The van der Waals surface area contributed by atoms with Crippen LogP contribution in [-0.2, 0) is 11.8 Å². The SMILES string of the molecule is CCCOC(=O)c1c(NC(=O)c2nn(C)cc2Br)sc(C(N)=O)c1C. The summed E-state index contributed by atoms with van der Waals surface area (Å²) in [6.07, 6.45) is 2.28. The fourth-order valence-corrected chi connectivity index (χ4v) is 3.72. The zero-order valence-corrected chi connectivity index (χ0v) is 16.3. The Morgan fingerprint density at radius 2 is 2.12 bits per heavy atom. The van der Waals surface area contributed by atoms with Crippen molar-refractivity contribution in [3.05, 3.63) is 32.4 Å². The molecule has 8 nitrogen and oxygen atoms in total. The molecule has 2 rings (SSSR count). The Balaban J connectivity index is 2.40. The van der Waals surface area contributed by atoms with Crippen molar-refractivity contribution in [3.8, 4) is 0 Å². The maximum Gasteiger partial charge on any atom is 0.341 e. The van der Waals surface area contributed by atoms with Crippen molar-refractivity contribution >= 4 is 50.1 Å². The number of nitrogens with zero attached hydrogens (tertiary/aromatic N) is 2. The minimum atomic E-state index is -0.674. The van der Waals surface area contributed by atoms with E-state index in [9.17, 15) is 14.4 Å². The van der Waals surface area contributed by atoms with E-state index < -0.39 is 17.8 Å². The fraction of sp³-hybridized carbons (Fsp3) is 0.333. The number of hydrogen-bond acceptors (Lipinski definition) is 6. The summed E-state index contributed by atoms with van der Waals surface area (Å²) < 4.78 is 7.12. The molecular formula is C15H17BrN4O4S. The van der Waals surface area contributed by atoms with E-state index in [-0.39, 0.29) is 27.7 Å². The van der Waals surface area contributed by atoms with Gasteiger partial charge in [0.15, 0.2) is 5.69 Å². The first-order valence-corrected chi connectivity index (χ1v) is 8.98. The summed E-state index contributed by atoms with van der Waals surface area (Å²) in [5.41, 5.74) is 6.02. The van der Waals surface area contributed by atoms with Gasteiger partial charge in [0.25, 0.3) is 11.8 Å². The molecule has 0 bridgehead atoms. The van der Waals surface area contributed by atoms with Gasteiger partial charge in [-0.05, 0) is 34.8 Å². The second-order valence-corrected chi connectivity index (χ2v) is 7.09. The number of aromatic nitrogens is 2. The fourth-order valence-electron chi connectivity index (χ4n) is 2.13. The van der Waals surface area contributed by atoms with Gasteiger partial charge >= 0.3 is 5.97 Å². The number of primary amides is 1. The molecule has 0 aliphatic rings. The molecule has 0 atom stereocenters. The number of thiophene rings is 1. The van der Waals surface area contributed by atoms with Crippen molar-refractivity contribution in [3.63, 3.8) is 0 Å². The highest BCUT2D eigenvalue weighted by Crippen LogP contribution is 2.34. The molecule has 25 heavy (non-hydrogen) atoms. The van der Waals surface area contributed by atoms with Gasteiger partial charge in [-0.15, -0.1) is 11.3 Å². The number of esters is 1. The first-order chi connectivity index (χ1) is 11.8. The molecule has 0 saturated heterocycles. The number of aryl methyl sites for hydroxylation is 1. The van der Waals surface area contributed by atoms with Gasteiger partial charge in [0, 0.05) is 13.2 Å². The molecule has 3 N–H and O–H groups in total. The van der Waals surface area contributed by atoms with Gasteiger partial charge in [0.05, 0.1) is 21.5 Å². The quantitative estimate of drug-likeness (QED) is 0.685. The maximum absolute atomic E-state index is 12.4. The van der Waals surface area contributed by atoms with Gasteiger partial charge in [0.2, 0.25) is 0 Å². The Morgan fingerprint density at radius 3 is 2.64 bits per heavy atom. The lowest BCUT2D eigenvalue weighted by Crippen LogP contribution is -2.16. The number of halogens is 1. The van der Waals surface area contributed by atoms with Crippen molar-refractivity contribution < 1.29 is 19.1 Å². The summed E-state index contributed by atoms with van der Waals surface area (Å²) in [6.45, 7) is 3.69. The molecule has 0 radical (unpaired) electrons. The smallest absolute Gasteiger partial charge is 0.341 e. The number of rotatable bonds is 6. The highest BCUT2D eigenvalue weighted by Gasteiger charge is 2.27. The lowest BCUT2D eigenvalue weighted by atomic mass is 10.1. The van der Waals surface area contributed by atoms with Crippen molar-refractivity contribution in [2.24, 2.45) is 12.8 Å². The summed E-state index contributed by atoms with van der Waals surface area (Å²) in [7, 11) is 1.68. The molecule has 0 saturated carbocycles. The number of anilines is 1. The summed E-state index contributed by atoms with van der Waals surface area (Å²) in [5.74, 6) is -1.81. The normalized spacial score (nSPS) is 10.6. The van der Waals surface area contributed by atoms with Crippen LogP contribution in [0.3, 0.4) is 0 Å². The lowest BCUT2D eigenvalue weighted by Gasteiger charge is -2.07. The van der Waals surface area contributed by atoms with E-state index in [4.69, 9.17) is 10.5 Å². The third-order valence-corrected chi connectivity index (χ3v) is 5.04. The van der Waals surface area contributed by atoms with E-state index in [1.165, 1.54) is 4.68 Å². The molecule has 0 aliphatic heterocycles. The Labute approximate surface area is 156 Å². The molecule has 0 aromatic carbocycles. The second kappa shape index (κ2) is 7.79. The van der Waals surface area contributed by atoms with Gasteiger partial charge in [-0.2, -0.15) is 5.10 Å². The molecule has 2 amide bonds. The van der Waals surface area contributed by atoms with Gasteiger partial charge in [-0.25, -0.2) is 4.79 Å². The third-order valence-electron chi connectivity index (χ3n) is 3.24. The van der Waals surface area contributed by atoms with Crippen LogP contribution in [0.1, 0.15) is 49.4 Å². The standard InChI is InChI=1S/C15H17BrN4O4S/c1-4-5-24-15(23)9-7(2)11(12(17)21)25-14(9)18-13(22)10-8(16)6-20(3)19-10/h6H,4-5H2,1-3H3,(H2,17,21)(H,18,22). The predicted octanol–water partition coefficient (Wildman–Crippen LogP) is 2.47. The van der Waals surface area contributed by atoms with E-state index >= 15 is 0 Å². The van der Waals surface area contributed by atoms with Crippen LogP contribution in [0.4, 0.5) is 5.00 Å². The molecule has 2 aromatic rings. The first kappa shape index (κ1) is 19.1. The van der Waals surface area contributed by atoms with Crippen LogP contribution < -0.4 is 11.1 Å². The molecule has 2 heterocycles. The molecule has 0 fully saturated rings. The van der Waals surface area contributed by atoms with Gasteiger partial charge in [0.1, 0.15) is 5.00 Å². The summed E-state index contributed by atoms with van der Waals surface area (Å²) in [6, 6.07) is 0. The zero-order chi connectivity index (χ0) is 18.7. The highest BCUT2D eigenvalue weighted by atomic mass is 79.9. The summed E-state index contributed by atoms with van der Waals surface area (Å²) in [4.78, 5) is 36.5. The number of hydrogen-bond donors (Lipinski definition) is 2. The molecule has 134 valence electrons. The minimum absolute atomic E-state index is 0.132. The Morgan fingerprint density at radius 1 is 1.44 bits per heavy atom. The van der Waals surface area contributed by atoms with Gasteiger partial charge in [-0.3, -0.25) is 14.3 Å². The van der Waals surface area contributed by atoms with E-state index in [1.807, 2.05) is 6.92 Å². The molecule has 2 aromatic heterocycles. The topological polar surface area (TPSA) is 116 Å². The second-order valence-electron chi connectivity index (χ2n) is 5.21. The van der Waals surface area contributed by atoms with Gasteiger partial charge in [-0.1, -0.05) is 6.92 Å². The van der Waals surface area contributed by atoms with Crippen LogP contribution in [0.5, 0.6) is 0 Å². The Bertz CT molecular complexity index is 843.